The Morgan fingerprint density at radius 2 is 1.94 bits per heavy atom. The molecule has 0 radical (unpaired) electrons. The molecule has 0 saturated carbocycles. The number of ketones is 1. The van der Waals surface area contributed by atoms with Gasteiger partial charge in [0, 0.05) is 7.11 Å². The smallest absolute Gasteiger partial charge is 0.746 e. The topological polar surface area (TPSA) is 113 Å². The van der Waals surface area contributed by atoms with Crippen molar-refractivity contribution in [3.8, 4) is 0 Å². The van der Waals surface area contributed by atoms with Gasteiger partial charge in [0.2, 0.25) is 11.2 Å². The van der Waals surface area contributed by atoms with Crippen molar-refractivity contribution in [3.63, 3.8) is 0 Å². The minimum absolute atomic E-state index is 0. The van der Waals surface area contributed by atoms with Gasteiger partial charge in [-0.15, -0.1) is 0 Å². The number of ether oxygens (including phenoxy) is 2. The van der Waals surface area contributed by atoms with E-state index in [2.05, 4.69) is 4.74 Å². The minimum Gasteiger partial charge on any atom is -0.746 e. The average Bonchev–Trinajstić information content (AvgIpc) is 2.14. The van der Waals surface area contributed by atoms with Gasteiger partial charge in [0.15, 0.2) is 0 Å². The maximum absolute atomic E-state index is 11.1. The first-order valence-electron chi connectivity index (χ1n) is 4.07. The summed E-state index contributed by atoms with van der Waals surface area (Å²) in [7, 11) is -3.61. The zero-order valence-electron chi connectivity index (χ0n) is 9.37. The van der Waals surface area contributed by atoms with Crippen LogP contribution in [0, 0.1) is 0 Å². The van der Waals surface area contributed by atoms with Crippen molar-refractivity contribution >= 4 is 15.9 Å². The Labute approximate surface area is 116 Å². The Morgan fingerprint density at radius 1 is 1.44 bits per heavy atom. The van der Waals surface area contributed by atoms with E-state index in [0.717, 1.165) is 0 Å². The fraction of sp³-hybridized carbons (Fsp3) is 0.857. The van der Waals surface area contributed by atoms with Crippen LogP contribution >= 0.6 is 0 Å². The summed E-state index contributed by atoms with van der Waals surface area (Å²) in [6.07, 6.45) is -1.17. The molecule has 16 heavy (non-hydrogen) atoms. The Balaban J connectivity index is 0. The first-order valence-corrected chi connectivity index (χ1v) is 5.55. The van der Waals surface area contributed by atoms with Crippen LogP contribution in [0.4, 0.5) is 0 Å². The maximum Gasteiger partial charge on any atom is 1.00 e. The molecule has 2 unspecified atom stereocenters. The normalized spacial score (nSPS) is 15.0. The van der Waals surface area contributed by atoms with E-state index in [1.54, 1.807) is 0 Å². The maximum atomic E-state index is 11.1. The summed E-state index contributed by atoms with van der Waals surface area (Å²) < 4.78 is 40.3. The fourth-order valence-corrected chi connectivity index (χ4v) is 1.21. The Hall–Kier alpha value is 0.460. The summed E-state index contributed by atoms with van der Waals surface area (Å²) in [4.78, 5) is 11.1. The molecule has 2 atom stereocenters. The van der Waals surface area contributed by atoms with Crippen LogP contribution in [0.25, 0.3) is 0 Å². The van der Waals surface area contributed by atoms with Gasteiger partial charge in [0.05, 0.1) is 13.2 Å². The molecule has 0 aliphatic carbocycles. The first kappa shape index (κ1) is 18.8. The second-order valence-electron chi connectivity index (χ2n) is 2.75. The average molecular weight is 264 g/mol. The van der Waals surface area contributed by atoms with Gasteiger partial charge < -0.3 is 19.1 Å². The number of carbonyl (C=O) groups is 1. The summed E-state index contributed by atoms with van der Waals surface area (Å²) >= 11 is 0. The Morgan fingerprint density at radius 3 is 2.31 bits per heavy atom. The molecule has 0 amide bonds. The van der Waals surface area contributed by atoms with Crippen molar-refractivity contribution in [3.05, 3.63) is 0 Å². The molecule has 0 bridgehead atoms. The van der Waals surface area contributed by atoms with Crippen LogP contribution in [0.15, 0.2) is 0 Å². The standard InChI is InChI=1S/C7H14O7S.Na/c1-5(14-4-3-13-2)6(8)7(9)15(10,11)12;/h5,7,9H,3-4H2,1-2H3,(H,10,11,12);/q;+1/p-1. The van der Waals surface area contributed by atoms with Gasteiger partial charge in [-0.1, -0.05) is 0 Å². The van der Waals surface area contributed by atoms with Crippen molar-refractivity contribution in [2.24, 2.45) is 0 Å². The van der Waals surface area contributed by atoms with E-state index >= 15 is 0 Å². The molecular weight excluding hydrogens is 251 g/mol. The zero-order valence-corrected chi connectivity index (χ0v) is 12.2. The monoisotopic (exact) mass is 264 g/mol. The van der Waals surface area contributed by atoms with Gasteiger partial charge in [-0.25, -0.2) is 8.42 Å². The third kappa shape index (κ3) is 6.92. The molecule has 7 nitrogen and oxygen atoms in total. The van der Waals surface area contributed by atoms with E-state index in [0.29, 0.717) is 0 Å². The molecule has 0 aromatic carbocycles. The van der Waals surface area contributed by atoms with Crippen LogP contribution in [-0.2, 0) is 24.4 Å². The second kappa shape index (κ2) is 8.54. The first-order chi connectivity index (χ1) is 6.80. The second-order valence-corrected chi connectivity index (χ2v) is 4.19. The molecular formula is C7H13NaO7S. The number of Topliss-reactive ketones (excluding diaryl/α,β-unsaturated/α-hetero) is 1. The molecule has 0 aliphatic rings. The summed E-state index contributed by atoms with van der Waals surface area (Å²) in [6, 6.07) is 0. The molecule has 0 aromatic rings. The van der Waals surface area contributed by atoms with Gasteiger partial charge in [-0.3, -0.25) is 4.79 Å². The molecule has 1 N–H and O–H groups in total. The zero-order chi connectivity index (χ0) is 12.1. The Kier molecular flexibility index (Phi) is 10.0. The molecule has 0 aromatic heterocycles. The number of aliphatic hydroxyl groups is 1. The summed E-state index contributed by atoms with van der Waals surface area (Å²) in [5, 5.41) is 8.82. The number of rotatable bonds is 7. The van der Waals surface area contributed by atoms with Gasteiger partial charge in [-0.05, 0) is 6.92 Å². The van der Waals surface area contributed by atoms with E-state index in [9.17, 15) is 17.8 Å². The largest absolute Gasteiger partial charge is 1.00 e. The summed E-state index contributed by atoms with van der Waals surface area (Å²) in [5.41, 5.74) is -2.57. The third-order valence-corrected chi connectivity index (χ3v) is 2.35. The molecule has 0 aliphatic heterocycles. The predicted molar refractivity (Wildman–Crippen MR) is 48.0 cm³/mol. The summed E-state index contributed by atoms with van der Waals surface area (Å²) in [5.74, 6) is -1.18. The predicted octanol–water partition coefficient (Wildman–Crippen LogP) is -4.53. The van der Waals surface area contributed by atoms with E-state index in [4.69, 9.17) is 9.84 Å². The van der Waals surface area contributed by atoms with Crippen molar-refractivity contribution in [2.75, 3.05) is 20.3 Å². The van der Waals surface area contributed by atoms with Crippen molar-refractivity contribution in [1.29, 1.82) is 0 Å². The van der Waals surface area contributed by atoms with Crippen LogP contribution in [0.3, 0.4) is 0 Å². The molecule has 90 valence electrons. The quantitative estimate of drug-likeness (QED) is 0.280. The number of carbonyl (C=O) groups excluding carboxylic acids is 1. The third-order valence-electron chi connectivity index (χ3n) is 1.57. The van der Waals surface area contributed by atoms with E-state index in [1.807, 2.05) is 0 Å². The van der Waals surface area contributed by atoms with Crippen LogP contribution < -0.4 is 29.6 Å². The van der Waals surface area contributed by atoms with Crippen LogP contribution in [0.5, 0.6) is 0 Å². The van der Waals surface area contributed by atoms with Gasteiger partial charge in [0.1, 0.15) is 16.2 Å². The van der Waals surface area contributed by atoms with Gasteiger partial charge in [-0.2, -0.15) is 0 Å². The number of methoxy groups -OCH3 is 1. The molecule has 0 spiro atoms. The van der Waals surface area contributed by atoms with Crippen molar-refractivity contribution < 1.29 is 61.9 Å². The fourth-order valence-electron chi connectivity index (χ4n) is 0.733. The van der Waals surface area contributed by atoms with Crippen LogP contribution in [0.2, 0.25) is 0 Å². The number of aliphatic hydroxyl groups excluding tert-OH is 1. The van der Waals surface area contributed by atoms with Crippen molar-refractivity contribution in [1.82, 2.24) is 0 Å². The van der Waals surface area contributed by atoms with Gasteiger partial charge >= 0.3 is 29.6 Å². The van der Waals surface area contributed by atoms with Crippen LogP contribution in [-0.4, -0.2) is 55.7 Å². The molecule has 0 rings (SSSR count). The van der Waals surface area contributed by atoms with E-state index in [1.165, 1.54) is 14.0 Å². The molecule has 0 saturated heterocycles. The number of hydrogen-bond acceptors (Lipinski definition) is 7. The van der Waals surface area contributed by atoms with Gasteiger partial charge in [0.25, 0.3) is 0 Å². The van der Waals surface area contributed by atoms with E-state index < -0.39 is 27.4 Å². The Bertz CT molecular complexity index is 302. The SMILES string of the molecule is COCCOC(C)C(=O)C(O)S(=O)(=O)[O-].[Na+]. The van der Waals surface area contributed by atoms with E-state index in [-0.39, 0.29) is 42.8 Å². The van der Waals surface area contributed by atoms with Crippen LogP contribution in [0.1, 0.15) is 6.92 Å². The minimum atomic E-state index is -5.03. The van der Waals surface area contributed by atoms with Crippen molar-refractivity contribution in [2.45, 2.75) is 18.5 Å². The molecule has 0 heterocycles. The summed E-state index contributed by atoms with van der Waals surface area (Å²) in [6.45, 7) is 1.53. The molecule has 9 heteroatoms. The molecule has 0 fully saturated rings. The number of hydrogen-bond donors (Lipinski definition) is 1.